The van der Waals surface area contributed by atoms with E-state index in [1.54, 1.807) is 10.9 Å². The summed E-state index contributed by atoms with van der Waals surface area (Å²) in [6.45, 7) is 0. The summed E-state index contributed by atoms with van der Waals surface area (Å²) in [5, 5.41) is 6.88. The number of amides is 1. The molecule has 1 heterocycles. The Balaban J connectivity index is 1.93. The van der Waals surface area contributed by atoms with Gasteiger partial charge < -0.3 is 5.32 Å². The Morgan fingerprint density at radius 3 is 2.86 bits per heavy atom. The van der Waals surface area contributed by atoms with Crippen molar-refractivity contribution in [2.75, 3.05) is 5.32 Å². The molecule has 4 nitrogen and oxygen atoms in total. The van der Waals surface area contributed by atoms with Crippen molar-refractivity contribution in [2.24, 2.45) is 13.0 Å². The minimum Gasteiger partial charge on any atom is -0.323 e. The van der Waals surface area contributed by atoms with E-state index in [4.69, 9.17) is 0 Å². The smallest absolute Gasteiger partial charge is 0.227 e. The van der Waals surface area contributed by atoms with E-state index in [9.17, 15) is 4.79 Å². The van der Waals surface area contributed by atoms with Crippen LogP contribution in [-0.2, 0) is 11.8 Å². The molecule has 4 heteroatoms. The molecule has 1 N–H and O–H groups in total. The predicted molar refractivity (Wildman–Crippen MR) is 53.8 cm³/mol. The van der Waals surface area contributed by atoms with Gasteiger partial charge in [0, 0.05) is 19.2 Å². The van der Waals surface area contributed by atoms with Gasteiger partial charge in [0.2, 0.25) is 5.91 Å². The maximum absolute atomic E-state index is 11.7. The summed E-state index contributed by atoms with van der Waals surface area (Å²) in [6.07, 6.45) is 7.92. The van der Waals surface area contributed by atoms with Crippen molar-refractivity contribution in [3.63, 3.8) is 0 Å². The summed E-state index contributed by atoms with van der Waals surface area (Å²) < 4.78 is 1.68. The highest BCUT2D eigenvalue weighted by Gasteiger charge is 2.22. The van der Waals surface area contributed by atoms with Crippen LogP contribution in [0, 0.1) is 5.92 Å². The second-order valence-corrected chi connectivity index (χ2v) is 3.87. The van der Waals surface area contributed by atoms with E-state index in [0.717, 1.165) is 18.5 Å². The Morgan fingerprint density at radius 2 is 2.29 bits per heavy atom. The third-order valence-electron chi connectivity index (χ3n) is 2.70. The molecule has 76 valence electrons. The SMILES string of the molecule is Cn1cc(NC(=O)C2CCCC2)cn1. The molecule has 1 fully saturated rings. The van der Waals surface area contributed by atoms with Crippen molar-refractivity contribution in [3.05, 3.63) is 12.4 Å². The molecule has 0 atom stereocenters. The van der Waals surface area contributed by atoms with Gasteiger partial charge in [0.15, 0.2) is 0 Å². The second kappa shape index (κ2) is 3.82. The van der Waals surface area contributed by atoms with Gasteiger partial charge in [-0.05, 0) is 12.8 Å². The molecule has 0 radical (unpaired) electrons. The Hall–Kier alpha value is -1.32. The highest BCUT2D eigenvalue weighted by atomic mass is 16.1. The molecule has 1 aromatic heterocycles. The first-order chi connectivity index (χ1) is 6.75. The van der Waals surface area contributed by atoms with E-state index in [0.29, 0.717) is 0 Å². The monoisotopic (exact) mass is 193 g/mol. The van der Waals surface area contributed by atoms with Crippen LogP contribution in [0.1, 0.15) is 25.7 Å². The van der Waals surface area contributed by atoms with Crippen molar-refractivity contribution in [1.82, 2.24) is 9.78 Å². The van der Waals surface area contributed by atoms with Crippen molar-refractivity contribution in [2.45, 2.75) is 25.7 Å². The van der Waals surface area contributed by atoms with Gasteiger partial charge in [-0.3, -0.25) is 9.48 Å². The van der Waals surface area contributed by atoms with Crippen LogP contribution in [0.5, 0.6) is 0 Å². The minimum absolute atomic E-state index is 0.149. The Morgan fingerprint density at radius 1 is 1.57 bits per heavy atom. The minimum atomic E-state index is 0.149. The lowest BCUT2D eigenvalue weighted by Crippen LogP contribution is -2.19. The number of carbonyl (C=O) groups is 1. The van der Waals surface area contributed by atoms with E-state index < -0.39 is 0 Å². The van der Waals surface area contributed by atoms with Gasteiger partial charge >= 0.3 is 0 Å². The summed E-state index contributed by atoms with van der Waals surface area (Å²) in [5.41, 5.74) is 0.796. The molecule has 0 aliphatic heterocycles. The van der Waals surface area contributed by atoms with Crippen LogP contribution < -0.4 is 5.32 Å². The number of aryl methyl sites for hydroxylation is 1. The van der Waals surface area contributed by atoms with Crippen molar-refractivity contribution in [1.29, 1.82) is 0 Å². The number of nitrogens with one attached hydrogen (secondary N) is 1. The molecule has 1 aromatic rings. The molecule has 1 saturated carbocycles. The summed E-state index contributed by atoms with van der Waals surface area (Å²) in [6, 6.07) is 0. The average molecular weight is 193 g/mol. The summed E-state index contributed by atoms with van der Waals surface area (Å²) in [5.74, 6) is 0.366. The van der Waals surface area contributed by atoms with Gasteiger partial charge in [0.05, 0.1) is 11.9 Å². The predicted octanol–water partition coefficient (Wildman–Crippen LogP) is 1.55. The number of hydrogen-bond donors (Lipinski definition) is 1. The third-order valence-corrected chi connectivity index (χ3v) is 2.70. The van der Waals surface area contributed by atoms with Crippen LogP contribution in [0.25, 0.3) is 0 Å². The number of hydrogen-bond acceptors (Lipinski definition) is 2. The molecular weight excluding hydrogens is 178 g/mol. The largest absolute Gasteiger partial charge is 0.323 e. The fraction of sp³-hybridized carbons (Fsp3) is 0.600. The van der Waals surface area contributed by atoms with Crippen molar-refractivity contribution < 1.29 is 4.79 Å². The van der Waals surface area contributed by atoms with Crippen molar-refractivity contribution >= 4 is 11.6 Å². The third kappa shape index (κ3) is 1.95. The zero-order valence-electron chi connectivity index (χ0n) is 8.36. The lowest BCUT2D eigenvalue weighted by atomic mass is 10.1. The lowest BCUT2D eigenvalue weighted by molar-refractivity contribution is -0.119. The molecule has 0 unspecified atom stereocenters. The highest BCUT2D eigenvalue weighted by Crippen LogP contribution is 2.25. The fourth-order valence-electron chi connectivity index (χ4n) is 1.92. The van der Waals surface area contributed by atoms with Crippen LogP contribution in [0.2, 0.25) is 0 Å². The highest BCUT2D eigenvalue weighted by molar-refractivity contribution is 5.92. The average Bonchev–Trinajstić information content (AvgIpc) is 2.75. The summed E-state index contributed by atoms with van der Waals surface area (Å²) in [7, 11) is 1.84. The van der Waals surface area contributed by atoms with Gasteiger partial charge in [-0.2, -0.15) is 5.10 Å². The first kappa shape index (κ1) is 9.24. The lowest BCUT2D eigenvalue weighted by Gasteiger charge is -2.07. The van der Waals surface area contributed by atoms with Crippen LogP contribution in [0.3, 0.4) is 0 Å². The van der Waals surface area contributed by atoms with Crippen LogP contribution in [0.15, 0.2) is 12.4 Å². The first-order valence-corrected chi connectivity index (χ1v) is 5.05. The zero-order chi connectivity index (χ0) is 9.97. The van der Waals surface area contributed by atoms with E-state index in [2.05, 4.69) is 10.4 Å². The molecule has 1 amide bonds. The number of aromatic nitrogens is 2. The number of rotatable bonds is 2. The fourth-order valence-corrected chi connectivity index (χ4v) is 1.92. The Kier molecular flexibility index (Phi) is 2.52. The molecule has 0 bridgehead atoms. The maximum atomic E-state index is 11.7. The Labute approximate surface area is 83.3 Å². The number of nitrogens with zero attached hydrogens (tertiary/aromatic N) is 2. The van der Waals surface area contributed by atoms with E-state index in [-0.39, 0.29) is 11.8 Å². The molecule has 0 saturated heterocycles. The zero-order valence-corrected chi connectivity index (χ0v) is 8.36. The van der Waals surface area contributed by atoms with Gasteiger partial charge in [0.25, 0.3) is 0 Å². The molecule has 14 heavy (non-hydrogen) atoms. The molecule has 1 aliphatic carbocycles. The van der Waals surface area contributed by atoms with Gasteiger partial charge in [-0.1, -0.05) is 12.8 Å². The molecule has 0 aromatic carbocycles. The number of anilines is 1. The second-order valence-electron chi connectivity index (χ2n) is 3.87. The maximum Gasteiger partial charge on any atom is 0.227 e. The van der Waals surface area contributed by atoms with Crippen LogP contribution >= 0.6 is 0 Å². The van der Waals surface area contributed by atoms with Crippen molar-refractivity contribution in [3.8, 4) is 0 Å². The topological polar surface area (TPSA) is 46.9 Å². The van der Waals surface area contributed by atoms with E-state index in [1.807, 2.05) is 13.2 Å². The molecule has 0 spiro atoms. The van der Waals surface area contributed by atoms with Gasteiger partial charge in [-0.15, -0.1) is 0 Å². The molecule has 2 rings (SSSR count). The summed E-state index contributed by atoms with van der Waals surface area (Å²) in [4.78, 5) is 11.7. The first-order valence-electron chi connectivity index (χ1n) is 5.05. The van der Waals surface area contributed by atoms with Crippen LogP contribution in [-0.4, -0.2) is 15.7 Å². The normalized spacial score (nSPS) is 17.2. The molecular formula is C10H15N3O. The van der Waals surface area contributed by atoms with Gasteiger partial charge in [0.1, 0.15) is 0 Å². The Bertz CT molecular complexity index is 326. The van der Waals surface area contributed by atoms with Gasteiger partial charge in [-0.25, -0.2) is 0 Å². The quantitative estimate of drug-likeness (QED) is 0.774. The van der Waals surface area contributed by atoms with E-state index in [1.165, 1.54) is 12.8 Å². The standard InChI is InChI=1S/C10H15N3O/c1-13-7-9(6-11-13)12-10(14)8-4-2-3-5-8/h6-8H,2-5H2,1H3,(H,12,14). The molecule has 1 aliphatic rings. The van der Waals surface area contributed by atoms with E-state index >= 15 is 0 Å². The van der Waals surface area contributed by atoms with Crippen LogP contribution in [0.4, 0.5) is 5.69 Å². The summed E-state index contributed by atoms with van der Waals surface area (Å²) >= 11 is 0. The number of carbonyl (C=O) groups excluding carboxylic acids is 1.